The number of furan rings is 1. The van der Waals surface area contributed by atoms with Crippen LogP contribution in [0, 0.1) is 0 Å². The van der Waals surface area contributed by atoms with Crippen LogP contribution < -0.4 is 0 Å². The minimum atomic E-state index is -0.931. The number of carbonyl (C=O) groups is 1. The summed E-state index contributed by atoms with van der Waals surface area (Å²) < 4.78 is 5.20. The lowest BCUT2D eigenvalue weighted by atomic mass is 10.1. The van der Waals surface area contributed by atoms with E-state index in [2.05, 4.69) is 4.98 Å². The monoisotopic (exact) mass is 237 g/mol. The molecule has 2 heterocycles. The van der Waals surface area contributed by atoms with Crippen molar-refractivity contribution in [1.82, 2.24) is 4.98 Å². The number of nitrogens with zero attached hydrogens (tertiary/aromatic N) is 1. The number of hydrogen-bond donors (Lipinski definition) is 1. The van der Waals surface area contributed by atoms with Crippen LogP contribution >= 0.6 is 11.3 Å². The molecule has 0 aromatic carbocycles. The van der Waals surface area contributed by atoms with Gasteiger partial charge in [-0.3, -0.25) is 0 Å². The Hall–Kier alpha value is -1.62. The van der Waals surface area contributed by atoms with Gasteiger partial charge in [0.15, 0.2) is 10.8 Å². The molecular formula is C11H11NO3S. The van der Waals surface area contributed by atoms with Crippen molar-refractivity contribution in [2.75, 3.05) is 0 Å². The predicted molar refractivity (Wildman–Crippen MR) is 60.9 cm³/mol. The molecule has 0 saturated heterocycles. The lowest BCUT2D eigenvalue weighted by Crippen LogP contribution is -2.00. The van der Waals surface area contributed by atoms with E-state index in [0.717, 1.165) is 11.3 Å². The van der Waals surface area contributed by atoms with E-state index in [-0.39, 0.29) is 5.92 Å². The summed E-state index contributed by atoms with van der Waals surface area (Å²) in [6.07, 6.45) is 1.55. The molecule has 2 aromatic rings. The molecule has 0 spiro atoms. The number of carboxylic acid groups (broad SMARTS) is 1. The van der Waals surface area contributed by atoms with Crippen LogP contribution in [-0.4, -0.2) is 16.1 Å². The molecule has 0 fully saturated rings. The summed E-state index contributed by atoms with van der Waals surface area (Å²) in [5.74, 6) is -0.232. The second-order valence-electron chi connectivity index (χ2n) is 3.67. The molecule has 0 unspecified atom stereocenters. The summed E-state index contributed by atoms with van der Waals surface area (Å²) >= 11 is 1.15. The number of thiazole rings is 1. The van der Waals surface area contributed by atoms with Gasteiger partial charge in [-0.05, 0) is 18.1 Å². The Labute approximate surface area is 96.6 Å². The van der Waals surface area contributed by atoms with Crippen LogP contribution in [0.4, 0.5) is 0 Å². The minimum absolute atomic E-state index is 0.0889. The van der Waals surface area contributed by atoms with E-state index in [0.29, 0.717) is 21.3 Å². The standard InChI is InChI=1S/C11H11NO3S/c1-6(2)8-9(11(13)14)16-10(12-8)7-4-3-5-15-7/h3-6H,1-2H3,(H,13,14). The van der Waals surface area contributed by atoms with E-state index in [1.807, 2.05) is 13.8 Å². The van der Waals surface area contributed by atoms with E-state index in [1.54, 1.807) is 18.4 Å². The highest BCUT2D eigenvalue weighted by atomic mass is 32.1. The summed E-state index contributed by atoms with van der Waals surface area (Å²) in [6.45, 7) is 3.85. The molecule has 5 heteroatoms. The van der Waals surface area contributed by atoms with E-state index in [1.165, 1.54) is 0 Å². The largest absolute Gasteiger partial charge is 0.477 e. The molecule has 0 aliphatic carbocycles. The Kier molecular flexibility index (Phi) is 2.78. The summed E-state index contributed by atoms with van der Waals surface area (Å²) in [5, 5.41) is 9.68. The molecule has 1 N–H and O–H groups in total. The zero-order valence-electron chi connectivity index (χ0n) is 8.93. The number of aromatic nitrogens is 1. The van der Waals surface area contributed by atoms with Crippen molar-refractivity contribution in [3.05, 3.63) is 29.0 Å². The molecule has 0 radical (unpaired) electrons. The fourth-order valence-electron chi connectivity index (χ4n) is 1.38. The third kappa shape index (κ3) is 1.86. The zero-order valence-corrected chi connectivity index (χ0v) is 9.75. The second-order valence-corrected chi connectivity index (χ2v) is 4.67. The topological polar surface area (TPSA) is 63.3 Å². The van der Waals surface area contributed by atoms with Gasteiger partial charge in [0, 0.05) is 0 Å². The van der Waals surface area contributed by atoms with Crippen molar-refractivity contribution in [1.29, 1.82) is 0 Å². The van der Waals surface area contributed by atoms with Crippen LogP contribution in [0.3, 0.4) is 0 Å². The summed E-state index contributed by atoms with van der Waals surface area (Å²) in [6, 6.07) is 3.53. The second kappa shape index (κ2) is 4.09. The molecule has 0 amide bonds. The maximum atomic E-state index is 11.0. The first-order valence-electron chi connectivity index (χ1n) is 4.87. The highest BCUT2D eigenvalue weighted by molar-refractivity contribution is 7.16. The van der Waals surface area contributed by atoms with Crippen LogP contribution in [-0.2, 0) is 0 Å². The van der Waals surface area contributed by atoms with E-state index in [4.69, 9.17) is 9.52 Å². The normalized spacial score (nSPS) is 10.9. The summed E-state index contributed by atoms with van der Waals surface area (Å²) in [7, 11) is 0. The fourth-order valence-corrected chi connectivity index (χ4v) is 2.41. The molecule has 16 heavy (non-hydrogen) atoms. The van der Waals surface area contributed by atoms with Crippen LogP contribution in [0.25, 0.3) is 10.8 Å². The van der Waals surface area contributed by atoms with Gasteiger partial charge in [-0.2, -0.15) is 0 Å². The smallest absolute Gasteiger partial charge is 0.347 e. The highest BCUT2D eigenvalue weighted by Gasteiger charge is 2.21. The van der Waals surface area contributed by atoms with Gasteiger partial charge in [0.25, 0.3) is 0 Å². The van der Waals surface area contributed by atoms with E-state index >= 15 is 0 Å². The van der Waals surface area contributed by atoms with Crippen LogP contribution in [0.5, 0.6) is 0 Å². The van der Waals surface area contributed by atoms with Gasteiger partial charge >= 0.3 is 5.97 Å². The van der Waals surface area contributed by atoms with Crippen molar-refractivity contribution in [2.24, 2.45) is 0 Å². The van der Waals surface area contributed by atoms with Crippen molar-refractivity contribution in [3.63, 3.8) is 0 Å². The quantitative estimate of drug-likeness (QED) is 0.890. The van der Waals surface area contributed by atoms with Gasteiger partial charge in [-0.15, -0.1) is 11.3 Å². The van der Waals surface area contributed by atoms with Gasteiger partial charge in [0.1, 0.15) is 4.88 Å². The van der Waals surface area contributed by atoms with Crippen molar-refractivity contribution in [2.45, 2.75) is 19.8 Å². The molecule has 0 saturated carbocycles. The highest BCUT2D eigenvalue weighted by Crippen LogP contribution is 2.31. The van der Waals surface area contributed by atoms with Gasteiger partial charge in [-0.1, -0.05) is 13.8 Å². The van der Waals surface area contributed by atoms with Crippen molar-refractivity contribution < 1.29 is 14.3 Å². The average molecular weight is 237 g/mol. The average Bonchev–Trinajstić information content (AvgIpc) is 2.86. The molecule has 0 atom stereocenters. The van der Waals surface area contributed by atoms with Crippen LogP contribution in [0.15, 0.2) is 22.8 Å². The number of carboxylic acids is 1. The molecule has 4 nitrogen and oxygen atoms in total. The SMILES string of the molecule is CC(C)c1nc(-c2ccco2)sc1C(=O)O. The maximum absolute atomic E-state index is 11.0. The first kappa shape index (κ1) is 10.9. The molecule has 0 bridgehead atoms. The lowest BCUT2D eigenvalue weighted by Gasteiger charge is -2.00. The molecule has 2 rings (SSSR count). The zero-order chi connectivity index (χ0) is 11.7. The first-order valence-corrected chi connectivity index (χ1v) is 5.69. The van der Waals surface area contributed by atoms with Crippen molar-refractivity contribution in [3.8, 4) is 10.8 Å². The number of rotatable bonds is 3. The Balaban J connectivity index is 2.51. The van der Waals surface area contributed by atoms with Gasteiger partial charge < -0.3 is 9.52 Å². The summed E-state index contributed by atoms with van der Waals surface area (Å²) in [4.78, 5) is 15.7. The molecule has 84 valence electrons. The lowest BCUT2D eigenvalue weighted by molar-refractivity contribution is 0.0700. The molecular weight excluding hydrogens is 226 g/mol. The predicted octanol–water partition coefficient (Wildman–Crippen LogP) is 3.22. The Morgan fingerprint density at radius 3 is 2.75 bits per heavy atom. The molecule has 0 aliphatic rings. The Morgan fingerprint density at radius 2 is 2.31 bits per heavy atom. The van der Waals surface area contributed by atoms with E-state index < -0.39 is 5.97 Å². The van der Waals surface area contributed by atoms with Crippen LogP contribution in [0.2, 0.25) is 0 Å². The maximum Gasteiger partial charge on any atom is 0.347 e. The fraction of sp³-hybridized carbons (Fsp3) is 0.273. The Bertz CT molecular complexity index is 499. The number of hydrogen-bond acceptors (Lipinski definition) is 4. The van der Waals surface area contributed by atoms with Gasteiger partial charge in [0.05, 0.1) is 12.0 Å². The Morgan fingerprint density at radius 1 is 1.56 bits per heavy atom. The third-order valence-corrected chi connectivity index (χ3v) is 3.20. The number of aromatic carboxylic acids is 1. The van der Waals surface area contributed by atoms with Gasteiger partial charge in [0.2, 0.25) is 0 Å². The van der Waals surface area contributed by atoms with Crippen molar-refractivity contribution >= 4 is 17.3 Å². The van der Waals surface area contributed by atoms with Crippen LogP contribution in [0.1, 0.15) is 35.1 Å². The molecule has 0 aliphatic heterocycles. The summed E-state index contributed by atoms with van der Waals surface area (Å²) in [5.41, 5.74) is 0.615. The molecule has 2 aromatic heterocycles. The van der Waals surface area contributed by atoms with Gasteiger partial charge in [-0.25, -0.2) is 9.78 Å². The third-order valence-electron chi connectivity index (χ3n) is 2.13. The minimum Gasteiger partial charge on any atom is -0.477 e. The van der Waals surface area contributed by atoms with E-state index in [9.17, 15) is 4.79 Å². The first-order chi connectivity index (χ1) is 7.59.